The van der Waals surface area contributed by atoms with Crippen LogP contribution in [0.15, 0.2) is 18.2 Å². The Morgan fingerprint density at radius 3 is 2.72 bits per heavy atom. The molecule has 2 aromatic rings. The third-order valence-electron chi connectivity index (χ3n) is 2.80. The van der Waals surface area contributed by atoms with Crippen LogP contribution < -0.4 is 10.5 Å². The minimum absolute atomic E-state index is 0.263. The Kier molecular flexibility index (Phi) is 3.65. The van der Waals surface area contributed by atoms with Crippen molar-refractivity contribution in [3.8, 4) is 5.75 Å². The highest BCUT2D eigenvalue weighted by Gasteiger charge is 2.09. The van der Waals surface area contributed by atoms with Gasteiger partial charge in [-0.2, -0.15) is 0 Å². The second-order valence-electron chi connectivity index (χ2n) is 4.19. The molecule has 1 aromatic heterocycles. The smallest absolute Gasteiger partial charge is 0.167 e. The van der Waals surface area contributed by atoms with E-state index in [4.69, 9.17) is 10.5 Å². The number of nitrogens with zero attached hydrogens (tertiary/aromatic N) is 1. The first-order valence-electron chi connectivity index (χ1n) is 6.17. The van der Waals surface area contributed by atoms with Gasteiger partial charge in [0.1, 0.15) is 5.82 Å². The topological polar surface area (TPSA) is 48.1 Å². The van der Waals surface area contributed by atoms with Gasteiger partial charge in [0.15, 0.2) is 11.6 Å². The first-order valence-corrected chi connectivity index (χ1v) is 6.17. The fraction of sp³-hybridized carbons (Fsp3) is 0.357. The van der Waals surface area contributed by atoms with E-state index in [2.05, 4.69) is 11.9 Å². The molecule has 0 unspecified atom stereocenters. The van der Waals surface area contributed by atoms with E-state index in [0.717, 1.165) is 23.8 Å². The number of halogens is 1. The summed E-state index contributed by atoms with van der Waals surface area (Å²) in [7, 11) is 0. The van der Waals surface area contributed by atoms with Gasteiger partial charge in [0.05, 0.1) is 12.1 Å². The Morgan fingerprint density at radius 1 is 1.28 bits per heavy atom. The van der Waals surface area contributed by atoms with Gasteiger partial charge in [-0.05, 0) is 31.0 Å². The summed E-state index contributed by atoms with van der Waals surface area (Å²) >= 11 is 0. The van der Waals surface area contributed by atoms with Crippen molar-refractivity contribution in [2.45, 2.75) is 26.7 Å². The molecule has 0 aliphatic heterocycles. The van der Waals surface area contributed by atoms with E-state index in [1.54, 1.807) is 6.07 Å². The van der Waals surface area contributed by atoms with E-state index in [9.17, 15) is 4.39 Å². The van der Waals surface area contributed by atoms with Gasteiger partial charge in [-0.25, -0.2) is 9.37 Å². The zero-order valence-electron chi connectivity index (χ0n) is 10.7. The van der Waals surface area contributed by atoms with Crippen LogP contribution in [-0.4, -0.2) is 11.6 Å². The van der Waals surface area contributed by atoms with Crippen LogP contribution in [0.1, 0.15) is 25.8 Å². The number of ether oxygens (including phenoxy) is 1. The molecule has 0 saturated carbocycles. The second-order valence-corrected chi connectivity index (χ2v) is 4.19. The van der Waals surface area contributed by atoms with Gasteiger partial charge in [0, 0.05) is 11.5 Å². The van der Waals surface area contributed by atoms with Crippen molar-refractivity contribution >= 4 is 16.7 Å². The van der Waals surface area contributed by atoms with Gasteiger partial charge in [-0.1, -0.05) is 13.3 Å². The van der Waals surface area contributed by atoms with Crippen molar-refractivity contribution in [3.63, 3.8) is 0 Å². The monoisotopic (exact) mass is 248 g/mol. The SMILES string of the molecule is CCCc1cc2cc(OCC)c(F)cc2nc1N. The third kappa shape index (κ3) is 2.37. The number of nitrogen functional groups attached to an aromatic ring is 1. The number of aryl methyl sites for hydroxylation is 1. The molecule has 2 rings (SSSR count). The lowest BCUT2D eigenvalue weighted by molar-refractivity contribution is 0.322. The van der Waals surface area contributed by atoms with Crippen LogP contribution in [0.5, 0.6) is 5.75 Å². The van der Waals surface area contributed by atoms with Gasteiger partial charge < -0.3 is 10.5 Å². The second kappa shape index (κ2) is 5.21. The summed E-state index contributed by atoms with van der Waals surface area (Å²) in [6.07, 6.45) is 1.87. The van der Waals surface area contributed by atoms with Crippen molar-refractivity contribution in [2.24, 2.45) is 0 Å². The van der Waals surface area contributed by atoms with Crippen LogP contribution in [0.25, 0.3) is 10.9 Å². The highest BCUT2D eigenvalue weighted by molar-refractivity contribution is 5.83. The van der Waals surface area contributed by atoms with Crippen LogP contribution in [0, 0.1) is 5.82 Å². The average molecular weight is 248 g/mol. The van der Waals surface area contributed by atoms with Crippen LogP contribution >= 0.6 is 0 Å². The molecule has 0 saturated heterocycles. The van der Waals surface area contributed by atoms with Crippen LogP contribution in [0.3, 0.4) is 0 Å². The van der Waals surface area contributed by atoms with E-state index < -0.39 is 5.82 Å². The van der Waals surface area contributed by atoms with Crippen molar-refractivity contribution in [3.05, 3.63) is 29.6 Å². The molecule has 0 bridgehead atoms. The summed E-state index contributed by atoms with van der Waals surface area (Å²) in [5.41, 5.74) is 7.42. The number of pyridine rings is 1. The highest BCUT2D eigenvalue weighted by Crippen LogP contribution is 2.26. The van der Waals surface area contributed by atoms with Crippen molar-refractivity contribution < 1.29 is 9.13 Å². The molecule has 18 heavy (non-hydrogen) atoms. The number of hydrogen-bond donors (Lipinski definition) is 1. The molecule has 96 valence electrons. The van der Waals surface area contributed by atoms with Gasteiger partial charge in [-0.3, -0.25) is 0 Å². The lowest BCUT2D eigenvalue weighted by atomic mass is 10.1. The first kappa shape index (κ1) is 12.6. The first-order chi connectivity index (χ1) is 8.65. The number of aromatic nitrogens is 1. The minimum atomic E-state index is -0.403. The van der Waals surface area contributed by atoms with E-state index >= 15 is 0 Å². The number of hydrogen-bond acceptors (Lipinski definition) is 3. The normalized spacial score (nSPS) is 10.8. The molecule has 0 amide bonds. The predicted molar refractivity (Wildman–Crippen MR) is 71.3 cm³/mol. The van der Waals surface area contributed by atoms with E-state index in [0.29, 0.717) is 17.9 Å². The molecule has 4 heteroatoms. The fourth-order valence-corrected chi connectivity index (χ4v) is 1.97. The molecular weight excluding hydrogens is 231 g/mol. The van der Waals surface area contributed by atoms with Gasteiger partial charge >= 0.3 is 0 Å². The molecule has 0 spiro atoms. The van der Waals surface area contributed by atoms with Gasteiger partial charge in [-0.15, -0.1) is 0 Å². The summed E-state index contributed by atoms with van der Waals surface area (Å²) in [6, 6.07) is 5.01. The van der Waals surface area contributed by atoms with Crippen molar-refractivity contribution in [1.29, 1.82) is 0 Å². The Morgan fingerprint density at radius 2 is 2.06 bits per heavy atom. The Labute approximate surface area is 106 Å². The standard InChI is InChI=1S/C14H17FN2O/c1-3-5-9-6-10-7-13(18-4-2)11(15)8-12(10)17-14(9)16/h6-8H,3-5H2,1-2H3,(H2,16,17). The molecule has 0 aliphatic rings. The van der Waals surface area contributed by atoms with E-state index in [-0.39, 0.29) is 5.75 Å². The number of anilines is 1. The molecule has 0 aliphatic carbocycles. The Hall–Kier alpha value is -1.84. The van der Waals surface area contributed by atoms with Gasteiger partial charge in [0.25, 0.3) is 0 Å². The molecular formula is C14H17FN2O. The Balaban J connectivity index is 2.56. The molecule has 1 heterocycles. The minimum Gasteiger partial charge on any atom is -0.491 e. The number of rotatable bonds is 4. The summed E-state index contributed by atoms with van der Waals surface area (Å²) in [5.74, 6) is 0.339. The average Bonchev–Trinajstić information content (AvgIpc) is 2.33. The quantitative estimate of drug-likeness (QED) is 0.903. The molecule has 0 atom stereocenters. The van der Waals surface area contributed by atoms with Crippen LogP contribution in [-0.2, 0) is 6.42 Å². The third-order valence-corrected chi connectivity index (χ3v) is 2.80. The van der Waals surface area contributed by atoms with E-state index in [1.165, 1.54) is 6.07 Å². The predicted octanol–water partition coefficient (Wildman–Crippen LogP) is 3.31. The van der Waals surface area contributed by atoms with Crippen molar-refractivity contribution in [2.75, 3.05) is 12.3 Å². The number of fused-ring (bicyclic) bond motifs is 1. The molecule has 1 aromatic carbocycles. The summed E-state index contributed by atoms with van der Waals surface area (Å²) in [6.45, 7) is 4.35. The maximum atomic E-state index is 13.7. The zero-order valence-corrected chi connectivity index (χ0v) is 10.7. The van der Waals surface area contributed by atoms with Gasteiger partial charge in [0.2, 0.25) is 0 Å². The van der Waals surface area contributed by atoms with Crippen LogP contribution in [0.2, 0.25) is 0 Å². The van der Waals surface area contributed by atoms with Crippen molar-refractivity contribution in [1.82, 2.24) is 4.98 Å². The molecule has 0 fully saturated rings. The maximum Gasteiger partial charge on any atom is 0.167 e. The molecule has 3 nitrogen and oxygen atoms in total. The molecule has 2 N–H and O–H groups in total. The van der Waals surface area contributed by atoms with E-state index in [1.807, 2.05) is 13.0 Å². The largest absolute Gasteiger partial charge is 0.491 e. The lowest BCUT2D eigenvalue weighted by Gasteiger charge is -2.09. The lowest BCUT2D eigenvalue weighted by Crippen LogP contribution is -2.00. The van der Waals surface area contributed by atoms with Crippen LogP contribution in [0.4, 0.5) is 10.2 Å². The summed E-state index contributed by atoms with van der Waals surface area (Å²) in [4.78, 5) is 4.24. The zero-order chi connectivity index (χ0) is 13.1. The highest BCUT2D eigenvalue weighted by atomic mass is 19.1. The maximum absolute atomic E-state index is 13.7. The fourth-order valence-electron chi connectivity index (χ4n) is 1.97. The number of nitrogens with two attached hydrogens (primary N) is 1. The summed E-state index contributed by atoms with van der Waals surface area (Å²) in [5, 5.41) is 0.859. The number of benzene rings is 1. The molecule has 0 radical (unpaired) electrons. The summed E-state index contributed by atoms with van der Waals surface area (Å²) < 4.78 is 18.9. The Bertz CT molecular complexity index is 522.